The second-order valence-corrected chi connectivity index (χ2v) is 3.01. The molecule has 0 heterocycles. The number of ether oxygens (including phenoxy) is 4. The maximum absolute atomic E-state index is 11.1. The molecule has 90 valence electrons. The fourth-order valence-corrected chi connectivity index (χ4v) is 1.51. The smallest absolute Gasteiger partial charge is 0.364 e. The second kappa shape index (κ2) is 6.02. The molecule has 6 nitrogen and oxygen atoms in total. The molecule has 0 saturated heterocycles. The van der Waals surface area contributed by atoms with Crippen LogP contribution in [-0.2, 0) is 23.7 Å². The number of carboxylic acid groups (broad SMARTS) is 1. The van der Waals surface area contributed by atoms with E-state index in [0.717, 1.165) is 0 Å². The Morgan fingerprint density at radius 1 is 1.13 bits per heavy atom. The van der Waals surface area contributed by atoms with Gasteiger partial charge >= 0.3 is 5.97 Å². The van der Waals surface area contributed by atoms with Crippen molar-refractivity contribution < 1.29 is 28.8 Å². The van der Waals surface area contributed by atoms with Crippen molar-refractivity contribution in [3.05, 3.63) is 0 Å². The second-order valence-electron chi connectivity index (χ2n) is 3.01. The van der Waals surface area contributed by atoms with Gasteiger partial charge in [-0.3, -0.25) is 0 Å². The number of hydrogen-bond acceptors (Lipinski definition) is 5. The Balaban J connectivity index is 4.98. The summed E-state index contributed by atoms with van der Waals surface area (Å²) in [6, 6.07) is 0. The number of aliphatic carboxylic acids is 1. The van der Waals surface area contributed by atoms with Crippen LogP contribution in [0.3, 0.4) is 0 Å². The molecule has 0 bridgehead atoms. The summed E-state index contributed by atoms with van der Waals surface area (Å²) in [5.41, 5.74) is 0. The zero-order chi connectivity index (χ0) is 12.1. The first-order valence-corrected chi connectivity index (χ1v) is 4.39. The third kappa shape index (κ3) is 2.66. The highest BCUT2D eigenvalue weighted by Crippen LogP contribution is 2.27. The predicted octanol–water partition coefficient (Wildman–Crippen LogP) is 0.315. The van der Waals surface area contributed by atoms with Gasteiger partial charge in [-0.2, -0.15) is 0 Å². The van der Waals surface area contributed by atoms with Crippen LogP contribution in [0.15, 0.2) is 0 Å². The number of hydrogen-bond donors (Lipinski definition) is 1. The third-order valence-corrected chi connectivity index (χ3v) is 2.38. The van der Waals surface area contributed by atoms with Gasteiger partial charge in [-0.1, -0.05) is 6.92 Å². The highest BCUT2D eigenvalue weighted by Gasteiger charge is 2.49. The summed E-state index contributed by atoms with van der Waals surface area (Å²) < 4.78 is 19.8. The molecule has 0 radical (unpaired) electrons. The minimum atomic E-state index is -1.77. The molecule has 6 heteroatoms. The Morgan fingerprint density at radius 2 is 1.53 bits per heavy atom. The molecule has 0 aliphatic heterocycles. The maximum atomic E-state index is 11.1. The van der Waals surface area contributed by atoms with Crippen molar-refractivity contribution in [2.24, 2.45) is 5.92 Å². The molecule has 0 aromatic heterocycles. The van der Waals surface area contributed by atoms with Gasteiger partial charge in [0.2, 0.25) is 0 Å². The van der Waals surface area contributed by atoms with Gasteiger partial charge in [0.25, 0.3) is 5.79 Å². The molecular weight excluding hydrogens is 204 g/mol. The van der Waals surface area contributed by atoms with Crippen molar-refractivity contribution in [1.82, 2.24) is 0 Å². The van der Waals surface area contributed by atoms with E-state index in [0.29, 0.717) is 0 Å². The summed E-state index contributed by atoms with van der Waals surface area (Å²) in [5, 5.41) is 9.07. The summed E-state index contributed by atoms with van der Waals surface area (Å²) in [5.74, 6) is -3.62. The maximum Gasteiger partial charge on any atom is 0.364 e. The lowest BCUT2D eigenvalue weighted by atomic mass is 9.99. The summed E-state index contributed by atoms with van der Waals surface area (Å²) in [7, 11) is 5.36. The van der Waals surface area contributed by atoms with Crippen LogP contribution in [0.2, 0.25) is 0 Å². The van der Waals surface area contributed by atoms with Crippen molar-refractivity contribution >= 4 is 5.97 Å². The zero-order valence-corrected chi connectivity index (χ0v) is 9.64. The Hall–Kier alpha value is -0.690. The van der Waals surface area contributed by atoms with Crippen molar-refractivity contribution in [3.63, 3.8) is 0 Å². The van der Waals surface area contributed by atoms with Crippen molar-refractivity contribution in [1.29, 1.82) is 0 Å². The van der Waals surface area contributed by atoms with Crippen LogP contribution in [0.25, 0.3) is 0 Å². The summed E-state index contributed by atoms with van der Waals surface area (Å²) in [4.78, 5) is 11.1. The first kappa shape index (κ1) is 14.3. The molecule has 1 unspecified atom stereocenters. The van der Waals surface area contributed by atoms with Crippen LogP contribution >= 0.6 is 0 Å². The Bertz CT molecular complexity index is 197. The number of carboxylic acids is 1. The molecule has 0 aromatic carbocycles. The first-order valence-electron chi connectivity index (χ1n) is 4.39. The molecule has 0 amide bonds. The average molecular weight is 222 g/mol. The Morgan fingerprint density at radius 3 is 1.73 bits per heavy atom. The topological polar surface area (TPSA) is 74.2 Å². The molecular formula is C9H18O6. The van der Waals surface area contributed by atoms with Gasteiger partial charge in [0.05, 0.1) is 5.92 Å². The summed E-state index contributed by atoms with van der Waals surface area (Å²) >= 11 is 0. The standard InChI is InChI=1S/C9H18O6/c1-6(7(12-2)13-3)9(14-4,15-5)8(10)11/h6-7H,1-5H3,(H,10,11). The molecule has 0 fully saturated rings. The van der Waals surface area contributed by atoms with Gasteiger partial charge in [-0.15, -0.1) is 0 Å². The van der Waals surface area contributed by atoms with E-state index in [-0.39, 0.29) is 0 Å². The molecule has 0 aromatic rings. The van der Waals surface area contributed by atoms with E-state index in [1.165, 1.54) is 28.4 Å². The van der Waals surface area contributed by atoms with E-state index >= 15 is 0 Å². The lowest BCUT2D eigenvalue weighted by molar-refractivity contribution is -0.280. The molecule has 0 spiro atoms. The molecule has 15 heavy (non-hydrogen) atoms. The summed E-state index contributed by atoms with van der Waals surface area (Å²) in [6.45, 7) is 1.61. The van der Waals surface area contributed by atoms with Crippen molar-refractivity contribution in [2.75, 3.05) is 28.4 Å². The molecule has 1 atom stereocenters. The van der Waals surface area contributed by atoms with Gasteiger partial charge in [0.1, 0.15) is 0 Å². The highest BCUT2D eigenvalue weighted by atomic mass is 16.7. The highest BCUT2D eigenvalue weighted by molar-refractivity contribution is 5.76. The average Bonchev–Trinajstić information content (AvgIpc) is 2.22. The van der Waals surface area contributed by atoms with Crippen LogP contribution in [0, 0.1) is 5.92 Å². The Labute approximate surface area is 89.1 Å². The minimum Gasteiger partial charge on any atom is -0.477 e. The molecule has 0 saturated carbocycles. The predicted molar refractivity (Wildman–Crippen MR) is 51.4 cm³/mol. The molecule has 1 N–H and O–H groups in total. The molecule has 0 aliphatic carbocycles. The number of methoxy groups -OCH3 is 4. The van der Waals surface area contributed by atoms with Crippen LogP contribution < -0.4 is 0 Å². The number of rotatable bonds is 7. The fraction of sp³-hybridized carbons (Fsp3) is 0.889. The van der Waals surface area contributed by atoms with Gasteiger partial charge in [-0.05, 0) is 0 Å². The Kier molecular flexibility index (Phi) is 5.74. The van der Waals surface area contributed by atoms with Crippen LogP contribution in [-0.4, -0.2) is 51.6 Å². The quantitative estimate of drug-likeness (QED) is 0.625. The minimum absolute atomic E-state index is 0.625. The van der Waals surface area contributed by atoms with E-state index in [1.54, 1.807) is 6.92 Å². The number of carbonyl (C=O) groups is 1. The van der Waals surface area contributed by atoms with Crippen LogP contribution in [0.1, 0.15) is 6.92 Å². The fourth-order valence-electron chi connectivity index (χ4n) is 1.51. The normalized spacial score (nSPS) is 14.3. The van der Waals surface area contributed by atoms with Gasteiger partial charge in [-0.25, -0.2) is 4.79 Å². The monoisotopic (exact) mass is 222 g/mol. The molecule has 0 aliphatic rings. The van der Waals surface area contributed by atoms with Crippen LogP contribution in [0.4, 0.5) is 0 Å². The zero-order valence-electron chi connectivity index (χ0n) is 9.64. The van der Waals surface area contributed by atoms with Crippen LogP contribution in [0.5, 0.6) is 0 Å². The van der Waals surface area contributed by atoms with Gasteiger partial charge < -0.3 is 24.1 Å². The van der Waals surface area contributed by atoms with Crippen molar-refractivity contribution in [3.8, 4) is 0 Å². The third-order valence-electron chi connectivity index (χ3n) is 2.38. The molecule has 0 rings (SSSR count). The summed E-state index contributed by atoms with van der Waals surface area (Å²) in [6.07, 6.45) is -0.721. The van der Waals surface area contributed by atoms with Crippen molar-refractivity contribution in [2.45, 2.75) is 19.0 Å². The van der Waals surface area contributed by atoms with E-state index < -0.39 is 24.0 Å². The van der Waals surface area contributed by atoms with E-state index in [2.05, 4.69) is 0 Å². The lowest BCUT2D eigenvalue weighted by Crippen LogP contribution is -2.53. The van der Waals surface area contributed by atoms with E-state index in [9.17, 15) is 4.79 Å². The largest absolute Gasteiger partial charge is 0.477 e. The lowest BCUT2D eigenvalue weighted by Gasteiger charge is -2.35. The van der Waals surface area contributed by atoms with E-state index in [4.69, 9.17) is 24.1 Å². The SMILES string of the molecule is COC(OC)C(C)C(OC)(OC)C(=O)O. The van der Waals surface area contributed by atoms with Gasteiger partial charge in [0, 0.05) is 28.4 Å². The first-order chi connectivity index (χ1) is 6.99. The van der Waals surface area contributed by atoms with Gasteiger partial charge in [0.15, 0.2) is 6.29 Å². The van der Waals surface area contributed by atoms with E-state index in [1.807, 2.05) is 0 Å².